The lowest BCUT2D eigenvalue weighted by Gasteiger charge is -2.03. The number of nitrogens with two attached hydrogens (primary N) is 1. The molecule has 0 aliphatic carbocycles. The van der Waals surface area contributed by atoms with Gasteiger partial charge in [0.05, 0.1) is 5.52 Å². The molecular formula is C14H13N3O. The van der Waals surface area contributed by atoms with Gasteiger partial charge in [-0.3, -0.25) is 5.10 Å². The maximum atomic E-state index is 9.55. The number of nitrogens with one attached hydrogen (secondary N) is 1. The summed E-state index contributed by atoms with van der Waals surface area (Å²) in [5.74, 6) is 0.230. The molecule has 4 N–H and O–H groups in total. The van der Waals surface area contributed by atoms with Gasteiger partial charge >= 0.3 is 0 Å². The third-order valence-corrected chi connectivity index (χ3v) is 3.02. The number of aromatic hydroxyl groups is 1. The first-order valence-corrected chi connectivity index (χ1v) is 5.75. The molecule has 0 saturated heterocycles. The predicted molar refractivity (Wildman–Crippen MR) is 71.1 cm³/mol. The average molecular weight is 239 g/mol. The Hall–Kier alpha value is -2.33. The number of fused-ring (bicyclic) bond motifs is 1. The number of nitrogens with zero attached hydrogens (tertiary/aromatic N) is 1. The molecule has 0 amide bonds. The molecule has 1 aromatic heterocycles. The third-order valence-electron chi connectivity index (χ3n) is 3.02. The van der Waals surface area contributed by atoms with Gasteiger partial charge in [-0.2, -0.15) is 5.10 Å². The molecule has 4 heteroatoms. The van der Waals surface area contributed by atoms with Crippen molar-refractivity contribution in [2.24, 2.45) is 5.73 Å². The zero-order valence-electron chi connectivity index (χ0n) is 9.72. The van der Waals surface area contributed by atoms with Crippen LogP contribution in [0.25, 0.3) is 22.2 Å². The van der Waals surface area contributed by atoms with Crippen LogP contribution in [0, 0.1) is 0 Å². The Kier molecular flexibility index (Phi) is 2.50. The van der Waals surface area contributed by atoms with Crippen LogP contribution in [0.15, 0.2) is 42.5 Å². The molecule has 0 bridgehead atoms. The Morgan fingerprint density at radius 1 is 1.17 bits per heavy atom. The lowest BCUT2D eigenvalue weighted by molar-refractivity contribution is 0.475. The SMILES string of the molecule is NCc1cccc2[nH]nc(-c3cccc(O)c3)c12. The third kappa shape index (κ3) is 1.63. The van der Waals surface area contributed by atoms with Crippen LogP contribution in [-0.4, -0.2) is 15.3 Å². The van der Waals surface area contributed by atoms with E-state index in [1.165, 1.54) is 0 Å². The molecule has 4 nitrogen and oxygen atoms in total. The van der Waals surface area contributed by atoms with E-state index >= 15 is 0 Å². The Morgan fingerprint density at radius 3 is 2.78 bits per heavy atom. The van der Waals surface area contributed by atoms with Crippen LogP contribution in [-0.2, 0) is 6.54 Å². The predicted octanol–water partition coefficient (Wildman–Crippen LogP) is 2.39. The molecule has 0 atom stereocenters. The Bertz CT molecular complexity index is 703. The molecule has 0 saturated carbocycles. The molecule has 2 aromatic carbocycles. The molecule has 3 rings (SSSR count). The van der Waals surface area contributed by atoms with Crippen molar-refractivity contribution < 1.29 is 5.11 Å². The van der Waals surface area contributed by atoms with Crippen LogP contribution in [0.1, 0.15) is 5.56 Å². The number of phenolic OH excluding ortho intramolecular Hbond substituents is 1. The number of rotatable bonds is 2. The van der Waals surface area contributed by atoms with Gasteiger partial charge in [0, 0.05) is 17.5 Å². The molecular weight excluding hydrogens is 226 g/mol. The minimum Gasteiger partial charge on any atom is -0.508 e. The van der Waals surface area contributed by atoms with Crippen molar-refractivity contribution in [2.75, 3.05) is 0 Å². The molecule has 0 spiro atoms. The Labute approximate surface area is 104 Å². The Morgan fingerprint density at radius 2 is 2.00 bits per heavy atom. The minimum atomic E-state index is 0.230. The average Bonchev–Trinajstić information content (AvgIpc) is 2.82. The van der Waals surface area contributed by atoms with Crippen LogP contribution in [0.4, 0.5) is 0 Å². The monoisotopic (exact) mass is 239 g/mol. The van der Waals surface area contributed by atoms with E-state index in [-0.39, 0.29) is 5.75 Å². The molecule has 0 unspecified atom stereocenters. The molecule has 3 aromatic rings. The van der Waals surface area contributed by atoms with Crippen molar-refractivity contribution in [3.63, 3.8) is 0 Å². The van der Waals surface area contributed by atoms with Crippen molar-refractivity contribution >= 4 is 10.9 Å². The van der Waals surface area contributed by atoms with Gasteiger partial charge in [-0.25, -0.2) is 0 Å². The van der Waals surface area contributed by atoms with Gasteiger partial charge in [0.25, 0.3) is 0 Å². The van der Waals surface area contributed by atoms with Gasteiger partial charge in [0.1, 0.15) is 11.4 Å². The largest absolute Gasteiger partial charge is 0.508 e. The first-order valence-electron chi connectivity index (χ1n) is 5.75. The molecule has 90 valence electrons. The van der Waals surface area contributed by atoms with E-state index in [0.717, 1.165) is 27.7 Å². The summed E-state index contributed by atoms with van der Waals surface area (Å²) in [6.45, 7) is 0.461. The van der Waals surface area contributed by atoms with Gasteiger partial charge in [-0.15, -0.1) is 0 Å². The minimum absolute atomic E-state index is 0.230. The summed E-state index contributed by atoms with van der Waals surface area (Å²) in [6, 6.07) is 13.0. The van der Waals surface area contributed by atoms with Gasteiger partial charge in [0.2, 0.25) is 0 Å². The van der Waals surface area contributed by atoms with Crippen molar-refractivity contribution in [2.45, 2.75) is 6.54 Å². The van der Waals surface area contributed by atoms with Crippen LogP contribution in [0.3, 0.4) is 0 Å². The van der Waals surface area contributed by atoms with Crippen molar-refractivity contribution in [1.29, 1.82) is 0 Å². The summed E-state index contributed by atoms with van der Waals surface area (Å²) in [4.78, 5) is 0. The van der Waals surface area contributed by atoms with Crippen LogP contribution < -0.4 is 5.73 Å². The first-order chi connectivity index (χ1) is 8.79. The lowest BCUT2D eigenvalue weighted by atomic mass is 10.0. The van der Waals surface area contributed by atoms with Crippen molar-refractivity contribution in [3.8, 4) is 17.0 Å². The lowest BCUT2D eigenvalue weighted by Crippen LogP contribution is -1.96. The van der Waals surface area contributed by atoms with E-state index in [4.69, 9.17) is 5.73 Å². The zero-order valence-corrected chi connectivity index (χ0v) is 9.72. The van der Waals surface area contributed by atoms with Gasteiger partial charge in [-0.05, 0) is 23.8 Å². The summed E-state index contributed by atoms with van der Waals surface area (Å²) in [5.41, 5.74) is 9.46. The summed E-state index contributed by atoms with van der Waals surface area (Å²) >= 11 is 0. The fraction of sp³-hybridized carbons (Fsp3) is 0.0714. The number of hydrogen-bond donors (Lipinski definition) is 3. The van der Waals surface area contributed by atoms with Crippen LogP contribution >= 0.6 is 0 Å². The maximum Gasteiger partial charge on any atom is 0.116 e. The summed E-state index contributed by atoms with van der Waals surface area (Å²) in [7, 11) is 0. The van der Waals surface area contributed by atoms with Crippen LogP contribution in [0.2, 0.25) is 0 Å². The van der Waals surface area contributed by atoms with Crippen LogP contribution in [0.5, 0.6) is 5.75 Å². The van der Waals surface area contributed by atoms with Gasteiger partial charge < -0.3 is 10.8 Å². The smallest absolute Gasteiger partial charge is 0.116 e. The highest BCUT2D eigenvalue weighted by atomic mass is 16.3. The fourth-order valence-electron chi connectivity index (χ4n) is 2.18. The van der Waals surface area contributed by atoms with E-state index in [2.05, 4.69) is 10.2 Å². The molecule has 0 aliphatic rings. The number of benzene rings is 2. The number of aromatic amines is 1. The second-order valence-electron chi connectivity index (χ2n) is 4.17. The highest BCUT2D eigenvalue weighted by Crippen LogP contribution is 2.30. The fourth-order valence-corrected chi connectivity index (χ4v) is 2.18. The number of phenols is 1. The standard InChI is InChI=1S/C14H13N3O/c15-8-10-4-2-6-12-13(10)14(17-16-12)9-3-1-5-11(18)7-9/h1-7,18H,8,15H2,(H,16,17). The van der Waals surface area contributed by atoms with Crippen molar-refractivity contribution in [1.82, 2.24) is 10.2 Å². The molecule has 0 fully saturated rings. The van der Waals surface area contributed by atoms with E-state index in [0.29, 0.717) is 6.54 Å². The van der Waals surface area contributed by atoms with Gasteiger partial charge in [0.15, 0.2) is 0 Å². The van der Waals surface area contributed by atoms with E-state index in [1.807, 2.05) is 24.3 Å². The highest BCUT2D eigenvalue weighted by Gasteiger charge is 2.11. The molecule has 0 aliphatic heterocycles. The summed E-state index contributed by atoms with van der Waals surface area (Å²) in [5, 5.41) is 17.9. The topological polar surface area (TPSA) is 74.9 Å². The van der Waals surface area contributed by atoms with Crippen molar-refractivity contribution in [3.05, 3.63) is 48.0 Å². The number of H-pyrrole nitrogens is 1. The highest BCUT2D eigenvalue weighted by molar-refractivity contribution is 5.95. The van der Waals surface area contributed by atoms with E-state index in [1.54, 1.807) is 18.2 Å². The number of hydrogen-bond acceptors (Lipinski definition) is 3. The first kappa shape index (κ1) is 10.8. The second-order valence-corrected chi connectivity index (χ2v) is 4.17. The van der Waals surface area contributed by atoms with E-state index in [9.17, 15) is 5.11 Å². The van der Waals surface area contributed by atoms with E-state index < -0.39 is 0 Å². The summed E-state index contributed by atoms with van der Waals surface area (Å²) < 4.78 is 0. The second kappa shape index (κ2) is 4.16. The number of aromatic nitrogens is 2. The summed E-state index contributed by atoms with van der Waals surface area (Å²) in [6.07, 6.45) is 0. The molecule has 0 radical (unpaired) electrons. The molecule has 1 heterocycles. The molecule has 18 heavy (non-hydrogen) atoms. The maximum absolute atomic E-state index is 9.55. The Balaban J connectivity index is 2.30. The quantitative estimate of drug-likeness (QED) is 0.642. The van der Waals surface area contributed by atoms with Gasteiger partial charge in [-0.1, -0.05) is 24.3 Å². The normalized spacial score (nSPS) is 10.9. The zero-order chi connectivity index (χ0) is 12.5.